The van der Waals surface area contributed by atoms with E-state index in [1.807, 2.05) is 13.0 Å². The first-order chi connectivity index (χ1) is 16.5. The maximum atomic E-state index is 13.3. The Morgan fingerprint density at radius 3 is 2.82 bits per heavy atom. The molecular weight excluding hydrogens is 476 g/mol. The molecular formula is C23H19ClN6O3S. The molecule has 0 unspecified atom stereocenters. The van der Waals surface area contributed by atoms with E-state index in [1.165, 1.54) is 30.8 Å². The lowest BCUT2D eigenvalue weighted by Crippen LogP contribution is -2.14. The topological polar surface area (TPSA) is 112 Å². The summed E-state index contributed by atoms with van der Waals surface area (Å²) in [4.78, 5) is 35.8. The Balaban J connectivity index is 1.47. The minimum Gasteiger partial charge on any atom is -0.494 e. The summed E-state index contributed by atoms with van der Waals surface area (Å²) in [6, 6.07) is 3.46. The van der Waals surface area contributed by atoms with Crippen molar-refractivity contribution in [2.45, 2.75) is 13.3 Å². The summed E-state index contributed by atoms with van der Waals surface area (Å²) in [6.45, 7) is 3.05. The van der Waals surface area contributed by atoms with E-state index >= 15 is 0 Å². The summed E-state index contributed by atoms with van der Waals surface area (Å²) in [5, 5.41) is 3.57. The van der Waals surface area contributed by atoms with Crippen LogP contribution in [0.1, 0.15) is 28.3 Å². The number of nitrogens with zero attached hydrogens (tertiary/aromatic N) is 5. The Hall–Kier alpha value is -3.47. The van der Waals surface area contributed by atoms with Crippen LogP contribution in [0.3, 0.4) is 0 Å². The highest BCUT2D eigenvalue weighted by molar-refractivity contribution is 7.22. The van der Waals surface area contributed by atoms with E-state index in [4.69, 9.17) is 21.1 Å². The molecule has 1 aliphatic heterocycles. The SMILES string of the molecule is COc1cnc(Cl)cc1-c1cc(C)ncc1C(=O)Nc1nc2cnc(C3=CCOCC3)nc2s1. The maximum absolute atomic E-state index is 13.3. The number of methoxy groups -OCH3 is 1. The van der Waals surface area contributed by atoms with Crippen molar-refractivity contribution >= 4 is 49.9 Å². The van der Waals surface area contributed by atoms with E-state index in [-0.39, 0.29) is 11.1 Å². The number of carbonyl (C=O) groups excluding carboxylic acids is 1. The molecule has 0 bridgehead atoms. The third kappa shape index (κ3) is 4.47. The highest BCUT2D eigenvalue weighted by atomic mass is 35.5. The van der Waals surface area contributed by atoms with Gasteiger partial charge in [0.25, 0.3) is 5.91 Å². The van der Waals surface area contributed by atoms with Crippen molar-refractivity contribution in [1.29, 1.82) is 0 Å². The monoisotopic (exact) mass is 494 g/mol. The van der Waals surface area contributed by atoms with Gasteiger partial charge >= 0.3 is 0 Å². The van der Waals surface area contributed by atoms with E-state index in [9.17, 15) is 4.79 Å². The number of aromatic nitrogens is 5. The summed E-state index contributed by atoms with van der Waals surface area (Å²) in [5.41, 5.74) is 4.02. The second-order valence-electron chi connectivity index (χ2n) is 7.49. The number of pyridine rings is 2. The van der Waals surface area contributed by atoms with Crippen molar-refractivity contribution in [3.63, 3.8) is 0 Å². The van der Waals surface area contributed by atoms with Gasteiger partial charge in [-0.3, -0.25) is 15.1 Å². The molecule has 1 N–H and O–H groups in total. The molecule has 0 saturated heterocycles. The predicted octanol–water partition coefficient (Wildman–Crippen LogP) is 4.57. The molecule has 0 aromatic carbocycles. The van der Waals surface area contributed by atoms with Crippen molar-refractivity contribution in [2.75, 3.05) is 25.6 Å². The first kappa shape index (κ1) is 22.3. The van der Waals surface area contributed by atoms with Gasteiger partial charge in [-0.15, -0.1) is 0 Å². The number of halogens is 1. The van der Waals surface area contributed by atoms with Gasteiger partial charge in [0.05, 0.1) is 38.3 Å². The molecule has 0 atom stereocenters. The molecule has 0 fully saturated rings. The first-order valence-corrected chi connectivity index (χ1v) is 11.6. The van der Waals surface area contributed by atoms with Crippen molar-refractivity contribution in [3.05, 3.63) is 59.0 Å². The second-order valence-corrected chi connectivity index (χ2v) is 8.85. The lowest BCUT2D eigenvalue weighted by molar-refractivity contribution is 0.102. The zero-order valence-corrected chi connectivity index (χ0v) is 19.9. The molecule has 1 aliphatic rings. The quantitative estimate of drug-likeness (QED) is 0.401. The summed E-state index contributed by atoms with van der Waals surface area (Å²) in [5.74, 6) is 0.787. The van der Waals surface area contributed by atoms with E-state index in [2.05, 4.69) is 30.2 Å². The zero-order chi connectivity index (χ0) is 23.7. The summed E-state index contributed by atoms with van der Waals surface area (Å²) >= 11 is 7.41. The van der Waals surface area contributed by atoms with Gasteiger partial charge in [-0.2, -0.15) is 0 Å². The van der Waals surface area contributed by atoms with Crippen LogP contribution in [0.5, 0.6) is 5.75 Å². The minimum absolute atomic E-state index is 0.289. The average Bonchev–Trinajstić information content (AvgIpc) is 3.25. The van der Waals surface area contributed by atoms with Gasteiger partial charge in [-0.1, -0.05) is 29.0 Å². The lowest BCUT2D eigenvalue weighted by Gasteiger charge is -2.13. The molecule has 0 aliphatic carbocycles. The second kappa shape index (κ2) is 9.41. The number of rotatable bonds is 5. The Labute approximate surface area is 203 Å². The molecule has 0 radical (unpaired) electrons. The average molecular weight is 495 g/mol. The molecule has 5 heterocycles. The van der Waals surface area contributed by atoms with Crippen LogP contribution in [0.15, 0.2) is 36.8 Å². The summed E-state index contributed by atoms with van der Waals surface area (Å²) in [7, 11) is 1.54. The van der Waals surface area contributed by atoms with Gasteiger partial charge in [0, 0.05) is 23.0 Å². The van der Waals surface area contributed by atoms with Gasteiger partial charge in [0.1, 0.15) is 21.2 Å². The highest BCUT2D eigenvalue weighted by Gasteiger charge is 2.20. The fraction of sp³-hybridized carbons (Fsp3) is 0.217. The molecule has 1 amide bonds. The van der Waals surface area contributed by atoms with Crippen LogP contribution >= 0.6 is 22.9 Å². The molecule has 4 aromatic rings. The van der Waals surface area contributed by atoms with Gasteiger partial charge < -0.3 is 9.47 Å². The van der Waals surface area contributed by atoms with Crippen LogP contribution < -0.4 is 10.1 Å². The molecule has 5 rings (SSSR count). The highest BCUT2D eigenvalue weighted by Crippen LogP contribution is 2.34. The van der Waals surface area contributed by atoms with Crippen molar-refractivity contribution < 1.29 is 14.3 Å². The Morgan fingerprint density at radius 1 is 1.15 bits per heavy atom. The number of amides is 1. The standard InChI is InChI=1S/C23H19ClN6O3S/c1-12-7-14(15-8-19(24)26-11-18(15)32-2)16(9-25-12)21(31)30-23-28-17-10-27-20(29-22(17)34-23)13-3-5-33-6-4-13/h3,7-11H,4-6H2,1-2H3,(H,28,30,31). The molecule has 0 spiro atoms. The van der Waals surface area contributed by atoms with Gasteiger partial charge in [0.15, 0.2) is 11.0 Å². The molecule has 4 aromatic heterocycles. The van der Waals surface area contributed by atoms with Crippen LogP contribution in [-0.2, 0) is 4.74 Å². The summed E-state index contributed by atoms with van der Waals surface area (Å²) in [6.07, 6.45) is 7.46. The van der Waals surface area contributed by atoms with Crippen LogP contribution in [0.2, 0.25) is 5.15 Å². The Bertz CT molecular complexity index is 1440. The van der Waals surface area contributed by atoms with Gasteiger partial charge in [-0.05, 0) is 31.1 Å². The number of hydrogen-bond acceptors (Lipinski definition) is 9. The number of nitrogens with one attached hydrogen (secondary N) is 1. The number of fused-ring (bicyclic) bond motifs is 1. The largest absolute Gasteiger partial charge is 0.494 e. The molecule has 9 nitrogen and oxygen atoms in total. The smallest absolute Gasteiger partial charge is 0.259 e. The van der Waals surface area contributed by atoms with E-state index in [0.717, 1.165) is 17.7 Å². The van der Waals surface area contributed by atoms with Crippen LogP contribution in [0.4, 0.5) is 5.13 Å². The third-order valence-corrected chi connectivity index (χ3v) is 6.34. The number of carbonyl (C=O) groups is 1. The minimum atomic E-state index is -0.364. The fourth-order valence-electron chi connectivity index (χ4n) is 3.59. The van der Waals surface area contributed by atoms with Crippen molar-refractivity contribution in [2.24, 2.45) is 0 Å². The lowest BCUT2D eigenvalue weighted by atomic mass is 10.0. The van der Waals surface area contributed by atoms with E-state index in [1.54, 1.807) is 18.3 Å². The van der Waals surface area contributed by atoms with Crippen LogP contribution in [0, 0.1) is 6.92 Å². The molecule has 34 heavy (non-hydrogen) atoms. The maximum Gasteiger partial charge on any atom is 0.259 e. The van der Waals surface area contributed by atoms with Crippen molar-refractivity contribution in [1.82, 2.24) is 24.9 Å². The number of thiazole rings is 1. The fourth-order valence-corrected chi connectivity index (χ4v) is 4.56. The Kier molecular flexibility index (Phi) is 6.18. The van der Waals surface area contributed by atoms with Gasteiger partial charge in [0.2, 0.25) is 0 Å². The summed E-state index contributed by atoms with van der Waals surface area (Å²) < 4.78 is 10.8. The molecule has 11 heteroatoms. The Morgan fingerprint density at radius 2 is 2.03 bits per heavy atom. The van der Waals surface area contributed by atoms with Crippen molar-refractivity contribution in [3.8, 4) is 16.9 Å². The van der Waals surface area contributed by atoms with Crippen LogP contribution in [0.25, 0.3) is 27.0 Å². The normalized spacial score (nSPS) is 13.6. The van der Waals surface area contributed by atoms with Crippen LogP contribution in [-0.4, -0.2) is 51.2 Å². The number of anilines is 1. The van der Waals surface area contributed by atoms with E-state index in [0.29, 0.717) is 57.0 Å². The van der Waals surface area contributed by atoms with E-state index < -0.39 is 0 Å². The number of ether oxygens (including phenoxy) is 2. The molecule has 0 saturated carbocycles. The number of aryl methyl sites for hydroxylation is 1. The van der Waals surface area contributed by atoms with Gasteiger partial charge in [-0.25, -0.2) is 19.9 Å². The first-order valence-electron chi connectivity index (χ1n) is 10.4. The third-order valence-electron chi connectivity index (χ3n) is 5.25. The molecule has 172 valence electrons. The predicted molar refractivity (Wildman–Crippen MR) is 130 cm³/mol. The zero-order valence-electron chi connectivity index (χ0n) is 18.3. The number of hydrogen-bond donors (Lipinski definition) is 1.